The monoisotopic (exact) mass is 493 g/mol. The molecule has 0 aliphatic carbocycles. The molecule has 32 heavy (non-hydrogen) atoms. The first-order chi connectivity index (χ1) is 15.2. The van der Waals surface area contributed by atoms with Crippen LogP contribution >= 0.6 is 22.9 Å². The fourth-order valence-corrected chi connectivity index (χ4v) is 5.05. The number of rotatable bonds is 8. The van der Waals surface area contributed by atoms with E-state index in [1.54, 1.807) is 12.1 Å². The molecule has 0 aliphatic heterocycles. The zero-order chi connectivity index (χ0) is 23.3. The largest absolute Gasteiger partial charge is 0.465 e. The fraction of sp³-hybridized carbons (Fsp3) is 0.190. The number of hydrogen-bond acceptors (Lipinski definition) is 7. The molecule has 11 heteroatoms. The highest BCUT2D eigenvalue weighted by Gasteiger charge is 2.19. The number of benzene rings is 2. The fourth-order valence-electron chi connectivity index (χ4n) is 2.88. The van der Waals surface area contributed by atoms with Crippen molar-refractivity contribution in [1.29, 1.82) is 0 Å². The Morgan fingerprint density at radius 1 is 1.19 bits per heavy atom. The van der Waals surface area contributed by atoms with Crippen LogP contribution in [0, 0.1) is 6.92 Å². The average molecular weight is 494 g/mol. The number of aryl methyl sites for hydroxylation is 1. The molecule has 3 rings (SSSR count). The van der Waals surface area contributed by atoms with Crippen LogP contribution in [0.3, 0.4) is 0 Å². The van der Waals surface area contributed by atoms with Gasteiger partial charge in [-0.25, -0.2) is 18.2 Å². The molecule has 1 aromatic heterocycles. The van der Waals surface area contributed by atoms with E-state index in [0.717, 1.165) is 5.01 Å². The van der Waals surface area contributed by atoms with Crippen molar-refractivity contribution in [2.45, 2.75) is 24.8 Å². The van der Waals surface area contributed by atoms with Crippen molar-refractivity contribution in [3.05, 3.63) is 74.7 Å². The van der Waals surface area contributed by atoms with Crippen molar-refractivity contribution in [1.82, 2.24) is 10.3 Å². The van der Waals surface area contributed by atoms with Crippen LogP contribution in [-0.4, -0.2) is 32.4 Å². The van der Waals surface area contributed by atoms with Gasteiger partial charge < -0.3 is 10.1 Å². The molecule has 0 spiro atoms. The number of carbonyl (C=O) groups is 2. The molecule has 0 saturated heterocycles. The second-order valence-corrected chi connectivity index (χ2v) is 9.88. The highest BCUT2D eigenvalue weighted by Crippen LogP contribution is 2.25. The summed E-state index contributed by atoms with van der Waals surface area (Å²) in [6.07, 6.45) is 0.118. The molecule has 0 aliphatic rings. The summed E-state index contributed by atoms with van der Waals surface area (Å²) in [5, 5.41) is 5.49. The Labute approximate surface area is 194 Å². The van der Waals surface area contributed by atoms with E-state index in [2.05, 4.69) is 15.0 Å². The Morgan fingerprint density at radius 3 is 2.59 bits per heavy atom. The summed E-state index contributed by atoms with van der Waals surface area (Å²) in [5.74, 6) is -0.897. The van der Waals surface area contributed by atoms with E-state index in [9.17, 15) is 18.0 Å². The number of hydrogen-bond donors (Lipinski definition) is 2. The number of thiazole rings is 1. The minimum Gasteiger partial charge on any atom is -0.465 e. The molecule has 0 radical (unpaired) electrons. The molecule has 2 N–H and O–H groups in total. The molecule has 8 nitrogen and oxygen atoms in total. The topological polar surface area (TPSA) is 114 Å². The van der Waals surface area contributed by atoms with Crippen LogP contribution in [0.2, 0.25) is 5.02 Å². The van der Waals surface area contributed by atoms with Crippen molar-refractivity contribution in [3.8, 4) is 0 Å². The standard InChI is InChI=1S/C21H20ClN3O5S2/c1-13-24-17(12-31-13)10-20(26)23-11-14-7-15(21(27)30-2)9-16(8-14)25-32(28,29)19-6-4-3-5-18(19)22/h3-9,12,25H,10-11H2,1-2H3,(H,23,26). The third-order valence-electron chi connectivity index (χ3n) is 4.29. The predicted octanol–water partition coefficient (Wildman–Crippen LogP) is 3.55. The molecule has 0 unspecified atom stereocenters. The van der Waals surface area contributed by atoms with E-state index in [0.29, 0.717) is 11.3 Å². The number of nitrogens with one attached hydrogen (secondary N) is 2. The van der Waals surface area contributed by atoms with Gasteiger partial charge in [-0.1, -0.05) is 23.7 Å². The second kappa shape index (κ2) is 10.1. The van der Waals surface area contributed by atoms with E-state index >= 15 is 0 Å². The van der Waals surface area contributed by atoms with E-state index in [1.165, 1.54) is 48.8 Å². The first kappa shape index (κ1) is 23.7. The Bertz CT molecular complexity index is 1260. The highest BCUT2D eigenvalue weighted by atomic mass is 35.5. The summed E-state index contributed by atoms with van der Waals surface area (Å²) in [6.45, 7) is 1.93. The van der Waals surface area contributed by atoms with Gasteiger partial charge in [-0.2, -0.15) is 0 Å². The van der Waals surface area contributed by atoms with Gasteiger partial charge in [0, 0.05) is 11.9 Å². The number of carbonyl (C=O) groups excluding carboxylic acids is 2. The molecule has 2 aromatic carbocycles. The van der Waals surface area contributed by atoms with Gasteiger partial charge in [0.2, 0.25) is 5.91 Å². The molecule has 0 saturated carbocycles. The Morgan fingerprint density at radius 2 is 1.94 bits per heavy atom. The van der Waals surface area contributed by atoms with Gasteiger partial charge >= 0.3 is 5.97 Å². The minimum absolute atomic E-state index is 0.0638. The predicted molar refractivity (Wildman–Crippen MR) is 122 cm³/mol. The molecular formula is C21H20ClN3O5S2. The van der Waals surface area contributed by atoms with E-state index in [4.69, 9.17) is 16.3 Å². The molecule has 168 valence electrons. The first-order valence-electron chi connectivity index (χ1n) is 9.35. The molecule has 3 aromatic rings. The Balaban J connectivity index is 1.81. The molecule has 0 atom stereocenters. The minimum atomic E-state index is -4.01. The van der Waals surface area contributed by atoms with E-state index < -0.39 is 16.0 Å². The number of aromatic nitrogens is 1. The SMILES string of the molecule is COC(=O)c1cc(CNC(=O)Cc2csc(C)n2)cc(NS(=O)(=O)c2ccccc2Cl)c1. The summed E-state index contributed by atoms with van der Waals surface area (Å²) < 4.78 is 32.7. The van der Waals surface area contributed by atoms with Crippen LogP contribution < -0.4 is 10.0 Å². The number of nitrogens with zero attached hydrogens (tertiary/aromatic N) is 1. The van der Waals surface area contributed by atoms with Crippen molar-refractivity contribution in [3.63, 3.8) is 0 Å². The lowest BCUT2D eigenvalue weighted by atomic mass is 10.1. The first-order valence-corrected chi connectivity index (χ1v) is 12.1. The summed E-state index contributed by atoms with van der Waals surface area (Å²) in [5.41, 5.74) is 1.44. The zero-order valence-electron chi connectivity index (χ0n) is 17.2. The molecule has 1 heterocycles. The van der Waals surface area contributed by atoms with Gasteiger partial charge in [0.05, 0.1) is 40.5 Å². The Kier molecular flexibility index (Phi) is 7.49. The molecule has 0 fully saturated rings. The highest BCUT2D eigenvalue weighted by molar-refractivity contribution is 7.92. The lowest BCUT2D eigenvalue weighted by molar-refractivity contribution is -0.120. The zero-order valence-corrected chi connectivity index (χ0v) is 19.6. The maximum Gasteiger partial charge on any atom is 0.337 e. The third-order valence-corrected chi connectivity index (χ3v) is 6.99. The van der Waals surface area contributed by atoms with Gasteiger partial charge in [-0.15, -0.1) is 11.3 Å². The van der Waals surface area contributed by atoms with Crippen LogP contribution in [0.25, 0.3) is 0 Å². The van der Waals surface area contributed by atoms with Crippen molar-refractivity contribution in [2.24, 2.45) is 0 Å². The lowest BCUT2D eigenvalue weighted by Gasteiger charge is -2.13. The lowest BCUT2D eigenvalue weighted by Crippen LogP contribution is -2.25. The summed E-state index contributed by atoms with van der Waals surface area (Å²) in [4.78, 5) is 28.5. The third kappa shape index (κ3) is 6.06. The van der Waals surface area contributed by atoms with Crippen LogP contribution in [-0.2, 0) is 32.5 Å². The van der Waals surface area contributed by atoms with Crippen molar-refractivity contribution < 1.29 is 22.7 Å². The number of halogens is 1. The number of esters is 1. The quantitative estimate of drug-likeness (QED) is 0.464. The van der Waals surface area contributed by atoms with Gasteiger partial charge in [-0.3, -0.25) is 9.52 Å². The normalized spacial score (nSPS) is 11.1. The maximum absolute atomic E-state index is 12.8. The van der Waals surface area contributed by atoms with E-state index in [-0.39, 0.29) is 40.0 Å². The maximum atomic E-state index is 12.8. The van der Waals surface area contributed by atoms with Crippen LogP contribution in [0.15, 0.2) is 52.7 Å². The summed E-state index contributed by atoms with van der Waals surface area (Å²) in [7, 11) is -2.79. The van der Waals surface area contributed by atoms with Crippen molar-refractivity contribution >= 4 is 50.5 Å². The van der Waals surface area contributed by atoms with Gasteiger partial charge in [-0.05, 0) is 42.8 Å². The van der Waals surface area contributed by atoms with Crippen LogP contribution in [0.1, 0.15) is 26.6 Å². The number of sulfonamides is 1. The van der Waals surface area contributed by atoms with Crippen molar-refractivity contribution in [2.75, 3.05) is 11.8 Å². The second-order valence-electron chi connectivity index (χ2n) is 6.76. The smallest absolute Gasteiger partial charge is 0.337 e. The number of amides is 1. The number of methoxy groups -OCH3 is 1. The van der Waals surface area contributed by atoms with Crippen LogP contribution in [0.5, 0.6) is 0 Å². The number of anilines is 1. The van der Waals surface area contributed by atoms with Gasteiger partial charge in [0.25, 0.3) is 10.0 Å². The molecular weight excluding hydrogens is 474 g/mol. The van der Waals surface area contributed by atoms with E-state index in [1.807, 2.05) is 12.3 Å². The van der Waals surface area contributed by atoms with Gasteiger partial charge in [0.1, 0.15) is 4.90 Å². The Hall–Kier alpha value is -2.95. The molecule has 1 amide bonds. The summed E-state index contributed by atoms with van der Waals surface area (Å²) in [6, 6.07) is 10.4. The number of ether oxygens (including phenoxy) is 1. The van der Waals surface area contributed by atoms with Crippen LogP contribution in [0.4, 0.5) is 5.69 Å². The van der Waals surface area contributed by atoms with Gasteiger partial charge in [0.15, 0.2) is 0 Å². The average Bonchev–Trinajstić information content (AvgIpc) is 3.15. The molecule has 0 bridgehead atoms. The summed E-state index contributed by atoms with van der Waals surface area (Å²) >= 11 is 7.48.